The van der Waals surface area contributed by atoms with Crippen LogP contribution in [0.2, 0.25) is 0 Å². The van der Waals surface area contributed by atoms with E-state index in [1.165, 1.54) is 11.1 Å². The lowest BCUT2D eigenvalue weighted by molar-refractivity contribution is -0.148. The number of aromatic nitrogens is 4. The van der Waals surface area contributed by atoms with Crippen molar-refractivity contribution in [3.63, 3.8) is 0 Å². The Morgan fingerprint density at radius 1 is 1.35 bits per heavy atom. The molecule has 0 aliphatic carbocycles. The molecule has 1 amide bonds. The fraction of sp³-hybridized carbons (Fsp3) is 0.353. The molecule has 0 saturated carbocycles. The maximum atomic E-state index is 13.1. The SMILES string of the molecule is Cc1cccc2nc(C(=O)N3Cc4cnc(C(F)(F)F)n4[C@H](C)C3)[nH]c12. The highest BCUT2D eigenvalue weighted by atomic mass is 19.4. The highest BCUT2D eigenvalue weighted by molar-refractivity contribution is 5.94. The number of imidazole rings is 2. The number of hydrogen-bond donors (Lipinski definition) is 1. The number of alkyl halides is 3. The summed E-state index contributed by atoms with van der Waals surface area (Å²) in [5.74, 6) is -1.08. The Labute approximate surface area is 146 Å². The minimum absolute atomic E-state index is 0.0578. The molecule has 1 aromatic carbocycles. The van der Waals surface area contributed by atoms with Crippen molar-refractivity contribution in [3.05, 3.63) is 47.3 Å². The lowest BCUT2D eigenvalue weighted by atomic mass is 10.2. The normalized spacial score (nSPS) is 17.6. The number of para-hydroxylation sites is 1. The Kier molecular flexibility index (Phi) is 3.57. The van der Waals surface area contributed by atoms with E-state index in [0.29, 0.717) is 11.2 Å². The van der Waals surface area contributed by atoms with Crippen molar-refractivity contribution >= 4 is 16.9 Å². The molecule has 6 nitrogen and oxygen atoms in total. The highest BCUT2D eigenvalue weighted by Crippen LogP contribution is 2.33. The molecular formula is C17H16F3N5O. The van der Waals surface area contributed by atoms with E-state index in [4.69, 9.17) is 0 Å². The quantitative estimate of drug-likeness (QED) is 0.721. The zero-order valence-corrected chi connectivity index (χ0v) is 14.1. The van der Waals surface area contributed by atoms with Crippen molar-refractivity contribution < 1.29 is 18.0 Å². The summed E-state index contributed by atoms with van der Waals surface area (Å²) >= 11 is 0. The molecule has 0 radical (unpaired) electrons. The Hall–Kier alpha value is -2.84. The number of nitrogens with one attached hydrogen (secondary N) is 1. The number of nitrogens with zero attached hydrogens (tertiary/aromatic N) is 4. The summed E-state index contributed by atoms with van der Waals surface area (Å²) in [5.41, 5.74) is 2.79. The first-order valence-corrected chi connectivity index (χ1v) is 8.13. The molecule has 0 unspecified atom stereocenters. The molecular weight excluding hydrogens is 347 g/mol. The van der Waals surface area contributed by atoms with Gasteiger partial charge in [-0.05, 0) is 25.5 Å². The van der Waals surface area contributed by atoms with E-state index in [-0.39, 0.29) is 24.8 Å². The molecule has 9 heteroatoms. The van der Waals surface area contributed by atoms with Gasteiger partial charge in [0.1, 0.15) is 0 Å². The zero-order chi connectivity index (χ0) is 18.6. The Morgan fingerprint density at radius 2 is 2.12 bits per heavy atom. The predicted molar refractivity (Wildman–Crippen MR) is 87.5 cm³/mol. The van der Waals surface area contributed by atoms with Gasteiger partial charge in [0.05, 0.1) is 35.5 Å². The number of H-pyrrole nitrogens is 1. The average molecular weight is 363 g/mol. The summed E-state index contributed by atoms with van der Waals surface area (Å²) in [6.07, 6.45) is -3.34. The molecule has 3 aromatic rings. The first-order chi connectivity index (χ1) is 12.3. The second kappa shape index (κ2) is 5.58. The third-order valence-corrected chi connectivity index (χ3v) is 4.62. The second-order valence-electron chi connectivity index (χ2n) is 6.53. The molecule has 2 aromatic heterocycles. The molecule has 0 saturated heterocycles. The van der Waals surface area contributed by atoms with E-state index in [0.717, 1.165) is 15.6 Å². The van der Waals surface area contributed by atoms with Gasteiger partial charge in [-0.2, -0.15) is 13.2 Å². The minimum atomic E-state index is -4.52. The van der Waals surface area contributed by atoms with Gasteiger partial charge in [-0.1, -0.05) is 12.1 Å². The number of carbonyl (C=O) groups is 1. The molecule has 26 heavy (non-hydrogen) atoms. The smallest absolute Gasteiger partial charge is 0.334 e. The first-order valence-electron chi connectivity index (χ1n) is 8.13. The van der Waals surface area contributed by atoms with Gasteiger partial charge in [0.25, 0.3) is 5.91 Å². The maximum Gasteiger partial charge on any atom is 0.449 e. The van der Waals surface area contributed by atoms with Crippen LogP contribution in [0.5, 0.6) is 0 Å². The Bertz CT molecular complexity index is 1000. The van der Waals surface area contributed by atoms with Crippen molar-refractivity contribution in [1.29, 1.82) is 0 Å². The van der Waals surface area contributed by atoms with Crippen molar-refractivity contribution in [1.82, 2.24) is 24.4 Å². The topological polar surface area (TPSA) is 66.8 Å². The minimum Gasteiger partial charge on any atom is -0.334 e. The lowest BCUT2D eigenvalue weighted by Gasteiger charge is -2.33. The van der Waals surface area contributed by atoms with Crippen molar-refractivity contribution in [3.8, 4) is 0 Å². The summed E-state index contributed by atoms with van der Waals surface area (Å²) < 4.78 is 40.4. The lowest BCUT2D eigenvalue weighted by Crippen LogP contribution is -2.41. The van der Waals surface area contributed by atoms with Crippen LogP contribution in [0, 0.1) is 6.92 Å². The summed E-state index contributed by atoms with van der Waals surface area (Å²) in [5, 5.41) is 0. The first kappa shape index (κ1) is 16.6. The molecule has 0 bridgehead atoms. The summed E-state index contributed by atoms with van der Waals surface area (Å²) in [6, 6.07) is 5.04. The monoisotopic (exact) mass is 363 g/mol. The molecule has 1 aliphatic rings. The summed E-state index contributed by atoms with van der Waals surface area (Å²) in [7, 11) is 0. The van der Waals surface area contributed by atoms with Gasteiger partial charge < -0.3 is 14.5 Å². The number of aryl methyl sites for hydroxylation is 1. The third-order valence-electron chi connectivity index (χ3n) is 4.62. The molecule has 136 valence electrons. The second-order valence-corrected chi connectivity index (χ2v) is 6.53. The molecule has 3 heterocycles. The van der Waals surface area contributed by atoms with Gasteiger partial charge >= 0.3 is 6.18 Å². The number of amides is 1. The fourth-order valence-electron chi connectivity index (χ4n) is 3.46. The highest BCUT2D eigenvalue weighted by Gasteiger charge is 2.40. The van der Waals surface area contributed by atoms with Gasteiger partial charge in [-0.3, -0.25) is 4.79 Å². The van der Waals surface area contributed by atoms with Crippen LogP contribution in [0.3, 0.4) is 0 Å². The number of hydrogen-bond acceptors (Lipinski definition) is 3. The average Bonchev–Trinajstić information content (AvgIpc) is 3.18. The molecule has 0 spiro atoms. The summed E-state index contributed by atoms with van der Waals surface area (Å²) in [6.45, 7) is 3.77. The molecule has 1 aliphatic heterocycles. The molecule has 0 fully saturated rings. The fourth-order valence-corrected chi connectivity index (χ4v) is 3.46. The van der Waals surface area contributed by atoms with E-state index in [9.17, 15) is 18.0 Å². The van der Waals surface area contributed by atoms with Gasteiger partial charge in [-0.15, -0.1) is 0 Å². The maximum absolute atomic E-state index is 13.1. The van der Waals surface area contributed by atoms with Crippen LogP contribution in [0.25, 0.3) is 11.0 Å². The summed E-state index contributed by atoms with van der Waals surface area (Å²) in [4.78, 5) is 25.2. The van der Waals surface area contributed by atoms with Crippen molar-refractivity contribution in [2.45, 2.75) is 32.6 Å². The predicted octanol–water partition coefficient (Wildman–Crippen LogP) is 3.30. The van der Waals surface area contributed by atoms with E-state index >= 15 is 0 Å². The molecule has 1 atom stereocenters. The van der Waals surface area contributed by atoms with Crippen LogP contribution in [-0.4, -0.2) is 36.9 Å². The largest absolute Gasteiger partial charge is 0.449 e. The number of rotatable bonds is 1. The van der Waals surface area contributed by atoms with Gasteiger partial charge in [0.2, 0.25) is 5.82 Å². The van der Waals surface area contributed by atoms with E-state index in [1.807, 2.05) is 19.1 Å². The molecule has 1 N–H and O–H groups in total. The number of fused-ring (bicyclic) bond motifs is 2. The number of halogens is 3. The van der Waals surface area contributed by atoms with Crippen LogP contribution in [0.1, 0.15) is 40.7 Å². The van der Waals surface area contributed by atoms with E-state index in [1.54, 1.807) is 13.0 Å². The van der Waals surface area contributed by atoms with E-state index < -0.39 is 18.0 Å². The van der Waals surface area contributed by atoms with Crippen LogP contribution in [-0.2, 0) is 12.7 Å². The van der Waals surface area contributed by atoms with Crippen molar-refractivity contribution in [2.75, 3.05) is 6.54 Å². The Balaban J connectivity index is 1.66. The van der Waals surface area contributed by atoms with Gasteiger partial charge in [0.15, 0.2) is 5.82 Å². The van der Waals surface area contributed by atoms with Crippen LogP contribution < -0.4 is 0 Å². The number of benzene rings is 1. The van der Waals surface area contributed by atoms with E-state index in [2.05, 4.69) is 15.0 Å². The van der Waals surface area contributed by atoms with Crippen LogP contribution in [0.15, 0.2) is 24.4 Å². The molecule has 4 rings (SSSR count). The van der Waals surface area contributed by atoms with Gasteiger partial charge in [0, 0.05) is 6.54 Å². The number of carbonyl (C=O) groups excluding carboxylic acids is 1. The third kappa shape index (κ3) is 2.54. The van der Waals surface area contributed by atoms with Crippen LogP contribution in [0.4, 0.5) is 13.2 Å². The number of aromatic amines is 1. The van der Waals surface area contributed by atoms with Crippen LogP contribution >= 0.6 is 0 Å². The van der Waals surface area contributed by atoms with Gasteiger partial charge in [-0.25, -0.2) is 9.97 Å². The van der Waals surface area contributed by atoms with Crippen molar-refractivity contribution in [2.24, 2.45) is 0 Å². The standard InChI is InChI=1S/C17H16F3N5O/c1-9-4-3-5-12-13(9)23-14(22-12)15(26)24-7-10(2)25-11(8-24)6-21-16(25)17(18,19)20/h3-6,10H,7-8H2,1-2H3,(H,22,23)/t10-/m1/s1. The Morgan fingerprint density at radius 3 is 2.81 bits per heavy atom. The zero-order valence-electron chi connectivity index (χ0n) is 14.1.